The number of hydrogen-bond donors (Lipinski definition) is 0. The number of methoxy groups -OCH3 is 1. The van der Waals surface area contributed by atoms with E-state index in [0.29, 0.717) is 48.2 Å². The minimum absolute atomic E-state index is 0.235. The Labute approximate surface area is 162 Å². The van der Waals surface area contributed by atoms with Crippen molar-refractivity contribution < 1.29 is 23.5 Å². The maximum absolute atomic E-state index is 12.2. The lowest BCUT2D eigenvalue weighted by Crippen LogP contribution is -2.08. The Morgan fingerprint density at radius 2 is 2.11 bits per heavy atom. The van der Waals surface area contributed by atoms with Crippen LogP contribution in [0.4, 0.5) is 0 Å². The second kappa shape index (κ2) is 9.50. The van der Waals surface area contributed by atoms with Gasteiger partial charge >= 0.3 is 5.97 Å². The van der Waals surface area contributed by atoms with Crippen LogP contribution >= 0.6 is 0 Å². The van der Waals surface area contributed by atoms with Crippen LogP contribution in [0.2, 0.25) is 0 Å². The summed E-state index contributed by atoms with van der Waals surface area (Å²) in [6.07, 6.45) is 4.42. The van der Waals surface area contributed by atoms with Gasteiger partial charge in [-0.2, -0.15) is 4.98 Å². The highest BCUT2D eigenvalue weighted by molar-refractivity contribution is 5.90. The maximum Gasteiger partial charge on any atom is 0.338 e. The van der Waals surface area contributed by atoms with E-state index in [4.69, 9.17) is 18.7 Å². The molecule has 0 unspecified atom stereocenters. The molecule has 0 spiro atoms. The Hall–Kier alpha value is -3.42. The Balaban J connectivity index is 1.49. The lowest BCUT2D eigenvalue weighted by atomic mass is 10.2. The van der Waals surface area contributed by atoms with Gasteiger partial charge in [0.1, 0.15) is 0 Å². The van der Waals surface area contributed by atoms with Gasteiger partial charge in [0, 0.05) is 24.4 Å². The van der Waals surface area contributed by atoms with Crippen molar-refractivity contribution in [1.82, 2.24) is 15.1 Å². The lowest BCUT2D eigenvalue weighted by molar-refractivity contribution is 0.0498. The van der Waals surface area contributed by atoms with Crippen molar-refractivity contribution in [1.29, 1.82) is 0 Å². The quantitative estimate of drug-likeness (QED) is 0.410. The standard InChI is InChI=1S/C20H21N3O5/c1-3-26-16-9-8-14(12-17(16)25-2)20(24)27-11-5-7-18-22-19(23-28-18)15-6-4-10-21-13-15/h4,6,8-10,12-13H,3,5,7,11H2,1-2H3. The van der Waals surface area contributed by atoms with Crippen LogP contribution < -0.4 is 9.47 Å². The van der Waals surface area contributed by atoms with Gasteiger partial charge in [-0.25, -0.2) is 4.79 Å². The first kappa shape index (κ1) is 19.3. The predicted octanol–water partition coefficient (Wildman–Crippen LogP) is 3.33. The Bertz CT molecular complexity index is 911. The van der Waals surface area contributed by atoms with Gasteiger partial charge in [-0.05, 0) is 43.7 Å². The molecule has 146 valence electrons. The molecule has 0 saturated carbocycles. The molecule has 0 N–H and O–H groups in total. The third-order valence-corrected chi connectivity index (χ3v) is 3.86. The smallest absolute Gasteiger partial charge is 0.338 e. The van der Waals surface area contributed by atoms with Gasteiger partial charge in [-0.3, -0.25) is 4.98 Å². The Morgan fingerprint density at radius 1 is 1.21 bits per heavy atom. The average Bonchev–Trinajstić information content (AvgIpc) is 3.21. The number of ether oxygens (including phenoxy) is 3. The predicted molar refractivity (Wildman–Crippen MR) is 100 cm³/mol. The normalized spacial score (nSPS) is 10.5. The molecule has 2 heterocycles. The summed E-state index contributed by atoms with van der Waals surface area (Å²) in [5.74, 6) is 1.62. The first-order chi connectivity index (χ1) is 13.7. The second-order valence-electron chi connectivity index (χ2n) is 5.79. The number of aryl methyl sites for hydroxylation is 1. The Morgan fingerprint density at radius 3 is 2.86 bits per heavy atom. The highest BCUT2D eigenvalue weighted by Gasteiger charge is 2.13. The fourth-order valence-corrected chi connectivity index (χ4v) is 2.51. The average molecular weight is 383 g/mol. The van der Waals surface area contributed by atoms with E-state index in [-0.39, 0.29) is 6.61 Å². The molecule has 0 atom stereocenters. The molecule has 28 heavy (non-hydrogen) atoms. The minimum atomic E-state index is -0.428. The van der Waals surface area contributed by atoms with E-state index in [1.165, 1.54) is 7.11 Å². The number of aromatic nitrogens is 3. The molecule has 0 aliphatic rings. The summed E-state index contributed by atoms with van der Waals surface area (Å²) < 4.78 is 21.2. The van der Waals surface area contributed by atoms with Crippen LogP contribution in [0.1, 0.15) is 29.6 Å². The zero-order chi connectivity index (χ0) is 19.8. The van der Waals surface area contributed by atoms with E-state index >= 15 is 0 Å². The Kier molecular flexibility index (Phi) is 6.56. The summed E-state index contributed by atoms with van der Waals surface area (Å²) in [5.41, 5.74) is 1.19. The summed E-state index contributed by atoms with van der Waals surface area (Å²) in [7, 11) is 1.52. The number of carbonyl (C=O) groups is 1. The summed E-state index contributed by atoms with van der Waals surface area (Å²) in [6.45, 7) is 2.63. The fraction of sp³-hybridized carbons (Fsp3) is 0.300. The molecule has 1 aromatic carbocycles. The summed E-state index contributed by atoms with van der Waals surface area (Å²) in [6, 6.07) is 8.60. The molecule has 3 rings (SSSR count). The SMILES string of the molecule is CCOc1ccc(C(=O)OCCCc2nc(-c3cccnc3)no2)cc1OC. The second-order valence-corrected chi connectivity index (χ2v) is 5.79. The lowest BCUT2D eigenvalue weighted by Gasteiger charge is -2.10. The van der Waals surface area contributed by atoms with Gasteiger partial charge in [0.15, 0.2) is 11.5 Å². The summed E-state index contributed by atoms with van der Waals surface area (Å²) in [4.78, 5) is 20.5. The van der Waals surface area contributed by atoms with Gasteiger partial charge in [0.2, 0.25) is 11.7 Å². The van der Waals surface area contributed by atoms with Gasteiger partial charge in [-0.15, -0.1) is 0 Å². The molecule has 8 heteroatoms. The summed E-state index contributed by atoms with van der Waals surface area (Å²) >= 11 is 0. The van der Waals surface area contributed by atoms with E-state index in [2.05, 4.69) is 15.1 Å². The first-order valence-corrected chi connectivity index (χ1v) is 8.92. The van der Waals surface area contributed by atoms with Crippen LogP contribution in [0.25, 0.3) is 11.4 Å². The molecule has 0 radical (unpaired) electrons. The van der Waals surface area contributed by atoms with Crippen molar-refractivity contribution in [3.8, 4) is 22.9 Å². The van der Waals surface area contributed by atoms with Crippen molar-refractivity contribution in [3.05, 3.63) is 54.2 Å². The number of pyridine rings is 1. The van der Waals surface area contributed by atoms with E-state index < -0.39 is 5.97 Å². The van der Waals surface area contributed by atoms with Crippen molar-refractivity contribution >= 4 is 5.97 Å². The first-order valence-electron chi connectivity index (χ1n) is 8.92. The van der Waals surface area contributed by atoms with E-state index in [0.717, 1.165) is 5.56 Å². The minimum Gasteiger partial charge on any atom is -0.493 e. The number of benzene rings is 1. The zero-order valence-electron chi connectivity index (χ0n) is 15.8. The van der Waals surface area contributed by atoms with Crippen LogP contribution in [0, 0.1) is 0 Å². The van der Waals surface area contributed by atoms with Crippen LogP contribution in [0.5, 0.6) is 11.5 Å². The van der Waals surface area contributed by atoms with Crippen molar-refractivity contribution in [2.24, 2.45) is 0 Å². The van der Waals surface area contributed by atoms with Gasteiger partial charge in [0.25, 0.3) is 0 Å². The van der Waals surface area contributed by atoms with E-state index in [1.807, 2.05) is 13.0 Å². The topological polar surface area (TPSA) is 96.6 Å². The molecule has 0 aliphatic carbocycles. The fourth-order valence-electron chi connectivity index (χ4n) is 2.51. The largest absolute Gasteiger partial charge is 0.493 e. The molecule has 0 bridgehead atoms. The maximum atomic E-state index is 12.2. The number of hydrogen-bond acceptors (Lipinski definition) is 8. The van der Waals surface area contributed by atoms with Crippen LogP contribution in [0.3, 0.4) is 0 Å². The number of nitrogens with zero attached hydrogens (tertiary/aromatic N) is 3. The summed E-state index contributed by atoms with van der Waals surface area (Å²) in [5, 5.41) is 3.93. The monoisotopic (exact) mass is 383 g/mol. The van der Waals surface area contributed by atoms with Gasteiger partial charge in [-0.1, -0.05) is 5.16 Å². The third kappa shape index (κ3) is 4.85. The molecule has 8 nitrogen and oxygen atoms in total. The molecule has 0 amide bonds. The zero-order valence-corrected chi connectivity index (χ0v) is 15.8. The van der Waals surface area contributed by atoms with Crippen LogP contribution in [-0.4, -0.2) is 41.4 Å². The van der Waals surface area contributed by atoms with Crippen molar-refractivity contribution in [3.63, 3.8) is 0 Å². The third-order valence-electron chi connectivity index (χ3n) is 3.86. The molecule has 0 saturated heterocycles. The number of rotatable bonds is 9. The van der Waals surface area contributed by atoms with Crippen molar-refractivity contribution in [2.75, 3.05) is 20.3 Å². The number of esters is 1. The van der Waals surface area contributed by atoms with Crippen LogP contribution in [0.15, 0.2) is 47.2 Å². The highest BCUT2D eigenvalue weighted by atomic mass is 16.5. The molecule has 0 fully saturated rings. The molecule has 3 aromatic rings. The van der Waals surface area contributed by atoms with Gasteiger partial charge < -0.3 is 18.7 Å². The van der Waals surface area contributed by atoms with Crippen LogP contribution in [-0.2, 0) is 11.2 Å². The van der Waals surface area contributed by atoms with Gasteiger partial charge in [0.05, 0.1) is 25.9 Å². The van der Waals surface area contributed by atoms with E-state index in [9.17, 15) is 4.79 Å². The molecular weight excluding hydrogens is 362 g/mol. The van der Waals surface area contributed by atoms with Crippen molar-refractivity contribution in [2.45, 2.75) is 19.8 Å². The molecule has 2 aromatic heterocycles. The molecular formula is C20H21N3O5. The van der Waals surface area contributed by atoms with E-state index in [1.54, 1.807) is 36.7 Å². The highest BCUT2D eigenvalue weighted by Crippen LogP contribution is 2.28. The number of carbonyl (C=O) groups excluding carboxylic acids is 1. The molecule has 0 aliphatic heterocycles.